The quantitative estimate of drug-likeness (QED) is 0.633. The van der Waals surface area contributed by atoms with Gasteiger partial charge in [0.2, 0.25) is 5.01 Å². The fourth-order valence-corrected chi connectivity index (χ4v) is 4.21. The minimum Gasteiger partial charge on any atom is -0.354 e. The zero-order valence-electron chi connectivity index (χ0n) is 18.1. The van der Waals surface area contributed by atoms with Gasteiger partial charge in [0.1, 0.15) is 16.6 Å². The molecule has 1 amide bonds. The lowest BCUT2D eigenvalue weighted by Crippen LogP contribution is -2.46. The lowest BCUT2D eigenvalue weighted by Gasteiger charge is -2.35. The monoisotopic (exact) mass is 437 g/mol. The molecule has 8 nitrogen and oxygen atoms in total. The first-order chi connectivity index (χ1) is 15.0. The molecule has 0 unspecified atom stereocenters. The molecule has 3 aromatic rings. The Bertz CT molecular complexity index is 1030. The summed E-state index contributed by atoms with van der Waals surface area (Å²) in [6.45, 7) is 10.6. The molecule has 1 fully saturated rings. The van der Waals surface area contributed by atoms with E-state index in [1.54, 1.807) is 0 Å². The number of nitrogens with one attached hydrogen (secondary N) is 1. The average molecular weight is 438 g/mol. The zero-order chi connectivity index (χ0) is 21.8. The van der Waals surface area contributed by atoms with E-state index in [-0.39, 0.29) is 5.91 Å². The van der Waals surface area contributed by atoms with Crippen LogP contribution in [-0.2, 0) is 6.54 Å². The minimum atomic E-state index is -0.222. The van der Waals surface area contributed by atoms with Gasteiger partial charge in [-0.15, -0.1) is 10.2 Å². The van der Waals surface area contributed by atoms with Crippen LogP contribution in [0, 0.1) is 6.92 Å². The van der Waals surface area contributed by atoms with E-state index in [4.69, 9.17) is 4.98 Å². The molecule has 4 rings (SSSR count). The highest BCUT2D eigenvalue weighted by Crippen LogP contribution is 2.20. The predicted molar refractivity (Wildman–Crippen MR) is 123 cm³/mol. The van der Waals surface area contributed by atoms with Crippen LogP contribution in [0.1, 0.15) is 46.1 Å². The van der Waals surface area contributed by atoms with Crippen LogP contribution >= 0.6 is 11.3 Å². The normalized spacial score (nSPS) is 14.8. The second kappa shape index (κ2) is 9.49. The first-order valence-corrected chi connectivity index (χ1v) is 11.3. The number of aromatic nitrogens is 4. The van der Waals surface area contributed by atoms with Gasteiger partial charge in [0.25, 0.3) is 5.91 Å². The van der Waals surface area contributed by atoms with Gasteiger partial charge in [0.15, 0.2) is 0 Å². The second-order valence-electron chi connectivity index (χ2n) is 7.96. The Morgan fingerprint density at radius 2 is 1.84 bits per heavy atom. The fraction of sp³-hybridized carbons (Fsp3) is 0.409. The summed E-state index contributed by atoms with van der Waals surface area (Å²) < 4.78 is 0. The number of benzene rings is 1. The number of amides is 1. The third-order valence-electron chi connectivity index (χ3n) is 5.12. The summed E-state index contributed by atoms with van der Waals surface area (Å²) in [5.74, 6) is 1.99. The molecule has 1 saturated heterocycles. The number of carbonyl (C=O) groups is 1. The molecule has 1 aromatic carbocycles. The summed E-state index contributed by atoms with van der Waals surface area (Å²) >= 11 is 1.35. The number of aryl methyl sites for hydroxylation is 1. The van der Waals surface area contributed by atoms with Crippen molar-refractivity contribution in [2.24, 2.45) is 0 Å². The highest BCUT2D eigenvalue weighted by Gasteiger charge is 2.21. The van der Waals surface area contributed by atoms with Crippen LogP contribution in [0.3, 0.4) is 0 Å². The molecular weight excluding hydrogens is 410 g/mol. The van der Waals surface area contributed by atoms with E-state index >= 15 is 0 Å². The van der Waals surface area contributed by atoms with Crippen molar-refractivity contribution in [3.05, 3.63) is 57.9 Å². The SMILES string of the molecule is Cc1cc(N2CCN(Cc3nnc(C(=O)Nc4ccccc4)s3)CC2)nc(C(C)C)n1. The van der Waals surface area contributed by atoms with Gasteiger partial charge in [-0.1, -0.05) is 43.4 Å². The molecule has 2 aromatic heterocycles. The molecule has 162 valence electrons. The Balaban J connectivity index is 1.32. The standard InChI is InChI=1S/C22H27N7OS/c1-15(2)20-23-16(3)13-18(25-20)29-11-9-28(10-12-29)14-19-26-27-22(31-19)21(30)24-17-7-5-4-6-8-17/h4-8,13,15H,9-12,14H2,1-3H3,(H,24,30). The molecule has 9 heteroatoms. The smallest absolute Gasteiger partial charge is 0.286 e. The first-order valence-electron chi connectivity index (χ1n) is 10.5. The molecule has 0 saturated carbocycles. The molecule has 31 heavy (non-hydrogen) atoms. The number of nitrogens with zero attached hydrogens (tertiary/aromatic N) is 6. The average Bonchev–Trinajstić information content (AvgIpc) is 3.23. The molecule has 0 bridgehead atoms. The Morgan fingerprint density at radius 3 is 2.55 bits per heavy atom. The Morgan fingerprint density at radius 1 is 1.10 bits per heavy atom. The summed E-state index contributed by atoms with van der Waals surface area (Å²) in [5.41, 5.74) is 1.76. The van der Waals surface area contributed by atoms with Crippen molar-refractivity contribution in [1.82, 2.24) is 25.1 Å². The van der Waals surface area contributed by atoms with Crippen LogP contribution in [0.5, 0.6) is 0 Å². The number of piperazine rings is 1. The van der Waals surface area contributed by atoms with E-state index < -0.39 is 0 Å². The van der Waals surface area contributed by atoms with Gasteiger partial charge < -0.3 is 10.2 Å². The maximum atomic E-state index is 12.4. The van der Waals surface area contributed by atoms with Gasteiger partial charge in [0, 0.05) is 49.5 Å². The van der Waals surface area contributed by atoms with E-state index in [0.29, 0.717) is 17.5 Å². The van der Waals surface area contributed by atoms with E-state index in [9.17, 15) is 4.79 Å². The van der Waals surface area contributed by atoms with Crippen LogP contribution in [0.4, 0.5) is 11.5 Å². The number of para-hydroxylation sites is 1. The highest BCUT2D eigenvalue weighted by molar-refractivity contribution is 7.13. The van der Waals surface area contributed by atoms with Gasteiger partial charge in [-0.3, -0.25) is 9.69 Å². The number of carbonyl (C=O) groups excluding carboxylic acids is 1. The van der Waals surface area contributed by atoms with Crippen LogP contribution in [-0.4, -0.2) is 57.2 Å². The maximum absolute atomic E-state index is 12.4. The lowest BCUT2D eigenvalue weighted by atomic mass is 10.2. The third-order valence-corrected chi connectivity index (χ3v) is 6.03. The number of hydrogen-bond donors (Lipinski definition) is 1. The van der Waals surface area contributed by atoms with Crippen LogP contribution < -0.4 is 10.2 Å². The van der Waals surface area contributed by atoms with Crippen molar-refractivity contribution in [3.8, 4) is 0 Å². The topological polar surface area (TPSA) is 87.1 Å². The van der Waals surface area contributed by atoms with Gasteiger partial charge in [0.05, 0.1) is 6.54 Å². The minimum absolute atomic E-state index is 0.222. The van der Waals surface area contributed by atoms with Crippen molar-refractivity contribution in [2.75, 3.05) is 36.4 Å². The summed E-state index contributed by atoms with van der Waals surface area (Å²) in [7, 11) is 0. The maximum Gasteiger partial charge on any atom is 0.286 e. The molecule has 0 radical (unpaired) electrons. The van der Waals surface area contributed by atoms with E-state index in [1.807, 2.05) is 37.3 Å². The van der Waals surface area contributed by atoms with Crippen molar-refractivity contribution in [3.63, 3.8) is 0 Å². The molecule has 0 aliphatic carbocycles. The summed E-state index contributed by atoms with van der Waals surface area (Å²) in [4.78, 5) is 26.3. The van der Waals surface area contributed by atoms with Gasteiger partial charge >= 0.3 is 0 Å². The van der Waals surface area contributed by atoms with E-state index in [1.165, 1.54) is 11.3 Å². The van der Waals surface area contributed by atoms with Crippen LogP contribution in [0.25, 0.3) is 0 Å². The number of hydrogen-bond acceptors (Lipinski definition) is 8. The summed E-state index contributed by atoms with van der Waals surface area (Å²) in [6, 6.07) is 11.4. The lowest BCUT2D eigenvalue weighted by molar-refractivity contribution is 0.102. The van der Waals surface area contributed by atoms with Crippen LogP contribution in [0.2, 0.25) is 0 Å². The molecule has 1 aliphatic heterocycles. The summed E-state index contributed by atoms with van der Waals surface area (Å²) in [5, 5.41) is 12.4. The van der Waals surface area contributed by atoms with Gasteiger partial charge in [-0.05, 0) is 19.1 Å². The number of anilines is 2. The Kier molecular flexibility index (Phi) is 6.53. The van der Waals surface area contributed by atoms with Crippen molar-refractivity contribution in [2.45, 2.75) is 33.2 Å². The summed E-state index contributed by atoms with van der Waals surface area (Å²) in [6.07, 6.45) is 0. The van der Waals surface area contributed by atoms with Gasteiger partial charge in [-0.25, -0.2) is 9.97 Å². The molecule has 0 atom stereocenters. The number of rotatable bonds is 6. The molecule has 1 N–H and O–H groups in total. The van der Waals surface area contributed by atoms with Crippen molar-refractivity contribution < 1.29 is 4.79 Å². The third kappa shape index (κ3) is 5.42. The van der Waals surface area contributed by atoms with Crippen molar-refractivity contribution in [1.29, 1.82) is 0 Å². The highest BCUT2D eigenvalue weighted by atomic mass is 32.1. The van der Waals surface area contributed by atoms with Crippen molar-refractivity contribution >= 4 is 28.7 Å². The first kappa shape index (κ1) is 21.3. The second-order valence-corrected chi connectivity index (χ2v) is 9.03. The van der Waals surface area contributed by atoms with E-state index in [0.717, 1.165) is 54.2 Å². The van der Waals surface area contributed by atoms with E-state index in [2.05, 4.69) is 50.2 Å². The Hall–Kier alpha value is -2.91. The molecule has 0 spiro atoms. The van der Waals surface area contributed by atoms with Gasteiger partial charge in [-0.2, -0.15) is 0 Å². The molecule has 3 heterocycles. The largest absolute Gasteiger partial charge is 0.354 e. The van der Waals surface area contributed by atoms with Crippen LogP contribution in [0.15, 0.2) is 36.4 Å². The predicted octanol–water partition coefficient (Wildman–Crippen LogP) is 3.33. The zero-order valence-corrected chi connectivity index (χ0v) is 18.9. The molecule has 1 aliphatic rings. The fourth-order valence-electron chi connectivity index (χ4n) is 3.44. The molecular formula is C22H27N7OS. The Labute approximate surface area is 186 Å².